The minimum Gasteiger partial charge on any atom is -0.495 e. The third kappa shape index (κ3) is 3.56. The van der Waals surface area contributed by atoms with Crippen LogP contribution in [0.5, 0.6) is 5.75 Å². The van der Waals surface area contributed by atoms with Crippen LogP contribution in [0.25, 0.3) is 0 Å². The molecule has 1 heterocycles. The summed E-state index contributed by atoms with van der Waals surface area (Å²) in [7, 11) is -1.76. The molecule has 20 heavy (non-hydrogen) atoms. The van der Waals surface area contributed by atoms with E-state index in [1.54, 1.807) is 14.0 Å². The van der Waals surface area contributed by atoms with Crippen molar-refractivity contribution >= 4 is 21.4 Å². The number of benzene rings is 1. The van der Waals surface area contributed by atoms with Crippen molar-refractivity contribution in [1.29, 1.82) is 0 Å². The average molecular weight is 298 g/mol. The molecule has 0 aliphatic carbocycles. The molecule has 0 aromatic heterocycles. The molecule has 1 aliphatic heterocycles. The highest BCUT2D eigenvalue weighted by molar-refractivity contribution is 7.92. The lowest BCUT2D eigenvalue weighted by molar-refractivity contribution is 0.417. The van der Waals surface area contributed by atoms with Gasteiger partial charge in [0.15, 0.2) is 0 Å². The second-order valence-electron chi connectivity index (χ2n) is 4.94. The summed E-state index contributed by atoms with van der Waals surface area (Å²) in [6.45, 7) is 3.65. The van der Waals surface area contributed by atoms with E-state index in [-0.39, 0.29) is 5.75 Å². The summed E-state index contributed by atoms with van der Waals surface area (Å²) in [5.41, 5.74) is 1.55. The van der Waals surface area contributed by atoms with Crippen molar-refractivity contribution in [2.24, 2.45) is 0 Å². The van der Waals surface area contributed by atoms with E-state index in [9.17, 15) is 8.42 Å². The van der Waals surface area contributed by atoms with E-state index >= 15 is 0 Å². The van der Waals surface area contributed by atoms with E-state index in [0.717, 1.165) is 18.8 Å². The maximum absolute atomic E-state index is 11.7. The third-order valence-electron chi connectivity index (χ3n) is 3.55. The molecule has 0 unspecified atom stereocenters. The first-order valence-corrected chi connectivity index (χ1v) is 8.64. The fourth-order valence-corrected chi connectivity index (χ4v) is 3.00. The summed E-state index contributed by atoms with van der Waals surface area (Å²) in [6, 6.07) is 5.66. The fourth-order valence-electron chi connectivity index (χ4n) is 2.36. The average Bonchev–Trinajstić information content (AvgIpc) is 2.48. The van der Waals surface area contributed by atoms with Gasteiger partial charge < -0.3 is 9.64 Å². The summed E-state index contributed by atoms with van der Waals surface area (Å²) in [5.74, 6) is 0.590. The summed E-state index contributed by atoms with van der Waals surface area (Å²) in [6.07, 6.45) is 3.63. The molecule has 6 heteroatoms. The van der Waals surface area contributed by atoms with Gasteiger partial charge in [-0.2, -0.15) is 0 Å². The van der Waals surface area contributed by atoms with Gasteiger partial charge in [0.1, 0.15) is 5.75 Å². The predicted octanol–water partition coefficient (Wildman–Crippen LogP) is 2.45. The molecule has 1 N–H and O–H groups in total. The summed E-state index contributed by atoms with van der Waals surface area (Å²) in [4.78, 5) is 2.28. The number of nitrogens with one attached hydrogen (secondary N) is 1. The lowest BCUT2D eigenvalue weighted by Crippen LogP contribution is -2.29. The lowest BCUT2D eigenvalue weighted by atomic mass is 10.1. The SMILES string of the molecule is CCS(=O)(=O)Nc1cc(N2CCCCC2)ccc1OC. The van der Waals surface area contributed by atoms with Gasteiger partial charge in [-0.05, 0) is 44.4 Å². The number of anilines is 2. The Labute approximate surface area is 121 Å². The minimum atomic E-state index is -3.30. The zero-order chi connectivity index (χ0) is 14.6. The molecule has 5 nitrogen and oxygen atoms in total. The Hall–Kier alpha value is -1.43. The van der Waals surface area contributed by atoms with Crippen molar-refractivity contribution < 1.29 is 13.2 Å². The van der Waals surface area contributed by atoms with Gasteiger partial charge in [0.25, 0.3) is 0 Å². The molecule has 0 bridgehead atoms. The zero-order valence-electron chi connectivity index (χ0n) is 12.1. The van der Waals surface area contributed by atoms with Gasteiger partial charge in [-0.1, -0.05) is 0 Å². The van der Waals surface area contributed by atoms with Crippen LogP contribution in [0.1, 0.15) is 26.2 Å². The van der Waals surface area contributed by atoms with E-state index in [2.05, 4.69) is 9.62 Å². The number of hydrogen-bond donors (Lipinski definition) is 1. The molecule has 1 aromatic rings. The highest BCUT2D eigenvalue weighted by Crippen LogP contribution is 2.31. The number of methoxy groups -OCH3 is 1. The van der Waals surface area contributed by atoms with E-state index in [1.807, 2.05) is 18.2 Å². The first kappa shape index (κ1) is 15.0. The molecule has 0 radical (unpaired) electrons. The van der Waals surface area contributed by atoms with Gasteiger partial charge in [0.2, 0.25) is 10.0 Å². The number of nitrogens with zero attached hydrogens (tertiary/aromatic N) is 1. The predicted molar refractivity (Wildman–Crippen MR) is 82.1 cm³/mol. The second kappa shape index (κ2) is 6.35. The van der Waals surface area contributed by atoms with E-state index < -0.39 is 10.0 Å². The monoisotopic (exact) mass is 298 g/mol. The van der Waals surface area contributed by atoms with Crippen LogP contribution in [0.2, 0.25) is 0 Å². The molecule has 0 spiro atoms. The Morgan fingerprint density at radius 1 is 1.25 bits per heavy atom. The Kier molecular flexibility index (Phi) is 4.75. The molecular weight excluding hydrogens is 276 g/mol. The van der Waals surface area contributed by atoms with Gasteiger partial charge in [-0.3, -0.25) is 4.72 Å². The standard InChI is InChI=1S/C14H22N2O3S/c1-3-20(17,18)15-13-11-12(7-8-14(13)19-2)16-9-5-4-6-10-16/h7-8,11,15H,3-6,9-10H2,1-2H3. The number of rotatable bonds is 5. The van der Waals surface area contributed by atoms with Crippen LogP contribution in [-0.2, 0) is 10.0 Å². The van der Waals surface area contributed by atoms with E-state index in [1.165, 1.54) is 19.3 Å². The van der Waals surface area contributed by atoms with Crippen LogP contribution < -0.4 is 14.4 Å². The quantitative estimate of drug-likeness (QED) is 0.907. The first-order valence-electron chi connectivity index (χ1n) is 6.99. The molecule has 2 rings (SSSR count). The molecule has 1 aliphatic rings. The molecule has 0 atom stereocenters. The Bertz CT molecular complexity index is 552. The van der Waals surface area contributed by atoms with Gasteiger partial charge in [-0.25, -0.2) is 8.42 Å². The molecule has 0 amide bonds. The number of piperidine rings is 1. The highest BCUT2D eigenvalue weighted by atomic mass is 32.2. The lowest BCUT2D eigenvalue weighted by Gasteiger charge is -2.29. The van der Waals surface area contributed by atoms with Gasteiger partial charge >= 0.3 is 0 Å². The summed E-state index contributed by atoms with van der Waals surface area (Å²) < 4.78 is 31.3. The third-order valence-corrected chi connectivity index (χ3v) is 4.84. The first-order chi connectivity index (χ1) is 9.55. The van der Waals surface area contributed by atoms with Crippen molar-refractivity contribution in [3.8, 4) is 5.75 Å². The maximum Gasteiger partial charge on any atom is 0.232 e. The molecule has 112 valence electrons. The molecule has 0 saturated carbocycles. The summed E-state index contributed by atoms with van der Waals surface area (Å²) in [5, 5.41) is 0. The normalized spacial score (nSPS) is 16.0. The number of ether oxygens (including phenoxy) is 1. The Morgan fingerprint density at radius 3 is 2.55 bits per heavy atom. The van der Waals surface area contributed by atoms with Gasteiger partial charge in [0, 0.05) is 18.8 Å². The fraction of sp³-hybridized carbons (Fsp3) is 0.571. The molecule has 1 aromatic carbocycles. The van der Waals surface area contributed by atoms with Gasteiger partial charge in [0.05, 0.1) is 18.6 Å². The molecule has 1 saturated heterocycles. The van der Waals surface area contributed by atoms with Crippen LogP contribution in [0.4, 0.5) is 11.4 Å². The van der Waals surface area contributed by atoms with Crippen LogP contribution in [0.15, 0.2) is 18.2 Å². The smallest absolute Gasteiger partial charge is 0.232 e. The summed E-state index contributed by atoms with van der Waals surface area (Å²) >= 11 is 0. The van der Waals surface area contributed by atoms with Gasteiger partial charge in [-0.15, -0.1) is 0 Å². The molecular formula is C14H22N2O3S. The van der Waals surface area contributed by atoms with Crippen molar-refractivity contribution in [3.05, 3.63) is 18.2 Å². The van der Waals surface area contributed by atoms with E-state index in [4.69, 9.17) is 4.74 Å². The topological polar surface area (TPSA) is 58.6 Å². The molecule has 1 fully saturated rings. The van der Waals surface area contributed by atoms with Crippen LogP contribution >= 0.6 is 0 Å². The Morgan fingerprint density at radius 2 is 1.95 bits per heavy atom. The maximum atomic E-state index is 11.7. The zero-order valence-corrected chi connectivity index (χ0v) is 12.9. The highest BCUT2D eigenvalue weighted by Gasteiger charge is 2.15. The van der Waals surface area contributed by atoms with Crippen molar-refractivity contribution in [3.63, 3.8) is 0 Å². The number of hydrogen-bond acceptors (Lipinski definition) is 4. The van der Waals surface area contributed by atoms with Crippen molar-refractivity contribution in [2.75, 3.05) is 35.6 Å². The van der Waals surface area contributed by atoms with Crippen LogP contribution in [-0.4, -0.2) is 34.4 Å². The van der Waals surface area contributed by atoms with Crippen LogP contribution in [0.3, 0.4) is 0 Å². The largest absolute Gasteiger partial charge is 0.495 e. The van der Waals surface area contributed by atoms with Crippen molar-refractivity contribution in [2.45, 2.75) is 26.2 Å². The van der Waals surface area contributed by atoms with Crippen molar-refractivity contribution in [1.82, 2.24) is 0 Å². The number of sulfonamides is 1. The van der Waals surface area contributed by atoms with Crippen LogP contribution in [0, 0.1) is 0 Å². The Balaban J connectivity index is 2.28. The minimum absolute atomic E-state index is 0.0457. The van der Waals surface area contributed by atoms with E-state index in [0.29, 0.717) is 11.4 Å². The second-order valence-corrected chi connectivity index (χ2v) is 6.95.